The Balaban J connectivity index is 4.62. The summed E-state index contributed by atoms with van der Waals surface area (Å²) in [4.78, 5) is 0. The van der Waals surface area contributed by atoms with Crippen molar-refractivity contribution in [1.29, 1.82) is 0 Å². The van der Waals surface area contributed by atoms with Crippen molar-refractivity contribution in [2.24, 2.45) is 5.41 Å². The molecule has 0 amide bonds. The Morgan fingerprint density at radius 3 is 2.12 bits per heavy atom. The highest BCUT2D eigenvalue weighted by atomic mass is 79.9. The molecule has 98 valence electrons. The molecule has 0 aliphatic carbocycles. The van der Waals surface area contributed by atoms with Crippen LogP contribution in [0, 0.1) is 5.41 Å². The molecule has 0 rings (SSSR count). The van der Waals surface area contributed by atoms with Crippen LogP contribution in [0.25, 0.3) is 0 Å². The van der Waals surface area contributed by atoms with E-state index in [1.807, 2.05) is 20.8 Å². The van der Waals surface area contributed by atoms with Crippen molar-refractivity contribution in [3.8, 4) is 0 Å². The van der Waals surface area contributed by atoms with Gasteiger partial charge in [-0.25, -0.2) is 12.7 Å². The monoisotopic (exact) mass is 313 g/mol. The number of sulfonamides is 1. The first-order valence-electron chi connectivity index (χ1n) is 5.76. The van der Waals surface area contributed by atoms with E-state index in [0.29, 0.717) is 18.4 Å². The Bertz CT molecular complexity index is 283. The molecule has 0 heterocycles. The first-order valence-corrected chi connectivity index (χ1v) is 8.50. The number of nitrogens with zero attached hydrogens (tertiary/aromatic N) is 1. The maximum atomic E-state index is 12.1. The van der Waals surface area contributed by atoms with Gasteiger partial charge in [0.25, 0.3) is 0 Å². The van der Waals surface area contributed by atoms with Crippen molar-refractivity contribution in [2.75, 3.05) is 24.2 Å². The number of hydrogen-bond acceptors (Lipinski definition) is 2. The van der Waals surface area contributed by atoms with E-state index in [1.165, 1.54) is 0 Å². The van der Waals surface area contributed by atoms with E-state index in [9.17, 15) is 8.42 Å². The van der Waals surface area contributed by atoms with Gasteiger partial charge in [-0.15, -0.1) is 0 Å². The summed E-state index contributed by atoms with van der Waals surface area (Å²) < 4.78 is 25.9. The molecule has 3 nitrogen and oxygen atoms in total. The molecule has 0 fully saturated rings. The fourth-order valence-electron chi connectivity index (χ4n) is 1.46. The summed E-state index contributed by atoms with van der Waals surface area (Å²) >= 11 is 3.31. The Morgan fingerprint density at radius 2 is 1.75 bits per heavy atom. The largest absolute Gasteiger partial charge is 0.214 e. The fourth-order valence-corrected chi connectivity index (χ4v) is 4.17. The first-order chi connectivity index (χ1) is 7.23. The maximum Gasteiger partial charge on any atom is 0.214 e. The summed E-state index contributed by atoms with van der Waals surface area (Å²) in [6, 6.07) is 0. The predicted molar refractivity (Wildman–Crippen MR) is 73.5 cm³/mol. The van der Waals surface area contributed by atoms with Crippen molar-refractivity contribution in [1.82, 2.24) is 4.31 Å². The van der Waals surface area contributed by atoms with Crippen LogP contribution < -0.4 is 0 Å². The molecule has 0 N–H and O–H groups in total. The average molecular weight is 314 g/mol. The third-order valence-corrected chi connectivity index (χ3v) is 4.84. The van der Waals surface area contributed by atoms with Crippen molar-refractivity contribution in [2.45, 2.75) is 40.5 Å². The van der Waals surface area contributed by atoms with Gasteiger partial charge >= 0.3 is 0 Å². The van der Waals surface area contributed by atoms with Crippen molar-refractivity contribution >= 4 is 26.0 Å². The Morgan fingerprint density at radius 1 is 1.19 bits per heavy atom. The summed E-state index contributed by atoms with van der Waals surface area (Å²) in [5.74, 6) is 0.219. The number of alkyl halides is 1. The van der Waals surface area contributed by atoms with Crippen LogP contribution in [0.2, 0.25) is 0 Å². The number of halogens is 1. The normalized spacial score (nSPS) is 13.4. The lowest BCUT2D eigenvalue weighted by Crippen LogP contribution is -2.38. The number of unbranched alkanes of at least 4 members (excludes halogenated alkanes) is 1. The van der Waals surface area contributed by atoms with Gasteiger partial charge in [-0.3, -0.25) is 0 Å². The first kappa shape index (κ1) is 16.4. The second kappa shape index (κ2) is 6.97. The van der Waals surface area contributed by atoms with Crippen LogP contribution in [0.1, 0.15) is 40.5 Å². The molecule has 0 aromatic heterocycles. The molecule has 16 heavy (non-hydrogen) atoms. The molecule has 0 aromatic rings. The second-order valence-corrected chi connectivity index (χ2v) is 8.02. The van der Waals surface area contributed by atoms with Gasteiger partial charge in [0.1, 0.15) is 0 Å². The molecule has 0 radical (unpaired) electrons. The highest BCUT2D eigenvalue weighted by Crippen LogP contribution is 2.19. The maximum absolute atomic E-state index is 12.1. The Kier molecular flexibility index (Phi) is 7.14. The minimum absolute atomic E-state index is 0.185. The summed E-state index contributed by atoms with van der Waals surface area (Å²) in [5.41, 5.74) is -0.185. The van der Waals surface area contributed by atoms with Gasteiger partial charge in [-0.05, 0) is 11.8 Å². The fraction of sp³-hybridized carbons (Fsp3) is 1.00. The van der Waals surface area contributed by atoms with Crippen LogP contribution in [0.5, 0.6) is 0 Å². The van der Waals surface area contributed by atoms with Crippen molar-refractivity contribution in [3.05, 3.63) is 0 Å². The second-order valence-electron chi connectivity index (χ2n) is 5.26. The van der Waals surface area contributed by atoms with Gasteiger partial charge in [0.2, 0.25) is 10.0 Å². The molecular formula is C11H24BrNO2S. The smallest absolute Gasteiger partial charge is 0.212 e. The molecule has 0 atom stereocenters. The highest BCUT2D eigenvalue weighted by Gasteiger charge is 2.27. The number of hydrogen-bond donors (Lipinski definition) is 0. The molecule has 5 heteroatoms. The van der Waals surface area contributed by atoms with E-state index < -0.39 is 10.0 Å². The minimum atomic E-state index is -3.11. The van der Waals surface area contributed by atoms with Gasteiger partial charge in [-0.2, -0.15) is 0 Å². The van der Waals surface area contributed by atoms with Gasteiger partial charge in [0.15, 0.2) is 0 Å². The molecule has 0 aromatic carbocycles. The Labute approximate surface area is 109 Å². The van der Waals surface area contributed by atoms with E-state index in [-0.39, 0.29) is 11.2 Å². The molecule has 0 spiro atoms. The van der Waals surface area contributed by atoms with Gasteiger partial charge in [0, 0.05) is 18.4 Å². The lowest BCUT2D eigenvalue weighted by Gasteiger charge is -2.26. The van der Waals surface area contributed by atoms with Crippen LogP contribution in [0.15, 0.2) is 0 Å². The zero-order chi connectivity index (χ0) is 12.8. The molecular weight excluding hydrogens is 290 g/mol. The highest BCUT2D eigenvalue weighted by molar-refractivity contribution is 9.09. The Hall–Kier alpha value is 0.390. The van der Waals surface area contributed by atoms with Crippen molar-refractivity contribution < 1.29 is 8.42 Å². The van der Waals surface area contributed by atoms with Crippen LogP contribution in [0.3, 0.4) is 0 Å². The minimum Gasteiger partial charge on any atom is -0.212 e. The lowest BCUT2D eigenvalue weighted by molar-refractivity contribution is 0.395. The summed E-state index contributed by atoms with van der Waals surface area (Å²) in [6.45, 7) is 9.14. The van der Waals surface area contributed by atoms with E-state index in [4.69, 9.17) is 0 Å². The molecule has 0 bridgehead atoms. The molecule has 0 saturated heterocycles. The van der Waals surface area contributed by atoms with E-state index in [0.717, 1.165) is 12.8 Å². The predicted octanol–water partition coefficient (Wildman–Crippen LogP) is 2.86. The quantitative estimate of drug-likeness (QED) is 0.678. The van der Waals surface area contributed by atoms with E-state index >= 15 is 0 Å². The third-order valence-electron chi connectivity index (χ3n) is 2.10. The standard InChI is InChI=1S/C11H24BrNO2S/c1-5-6-8-13(9-7-12)16(14,15)10-11(2,3)4/h5-10H2,1-4H3. The summed E-state index contributed by atoms with van der Waals surface area (Å²) in [6.07, 6.45) is 1.94. The third kappa shape index (κ3) is 6.86. The molecule has 0 saturated carbocycles. The topological polar surface area (TPSA) is 37.4 Å². The molecule has 0 aliphatic rings. The van der Waals surface area contributed by atoms with E-state index in [1.54, 1.807) is 4.31 Å². The van der Waals surface area contributed by atoms with Gasteiger partial charge in [-0.1, -0.05) is 50.0 Å². The SMILES string of the molecule is CCCCN(CCBr)S(=O)(=O)CC(C)(C)C. The van der Waals surface area contributed by atoms with Crippen LogP contribution >= 0.6 is 15.9 Å². The van der Waals surface area contributed by atoms with Crippen LogP contribution in [-0.4, -0.2) is 36.9 Å². The van der Waals surface area contributed by atoms with Crippen LogP contribution in [0.4, 0.5) is 0 Å². The van der Waals surface area contributed by atoms with Crippen LogP contribution in [-0.2, 0) is 10.0 Å². The zero-order valence-corrected chi connectivity index (χ0v) is 13.2. The lowest BCUT2D eigenvalue weighted by atomic mass is 10.0. The average Bonchev–Trinajstić information content (AvgIpc) is 2.07. The van der Waals surface area contributed by atoms with Crippen molar-refractivity contribution in [3.63, 3.8) is 0 Å². The molecule has 0 aliphatic heterocycles. The van der Waals surface area contributed by atoms with Gasteiger partial charge in [0.05, 0.1) is 5.75 Å². The molecule has 0 unspecified atom stereocenters. The summed E-state index contributed by atoms with van der Waals surface area (Å²) in [7, 11) is -3.11. The van der Waals surface area contributed by atoms with Gasteiger partial charge < -0.3 is 0 Å². The zero-order valence-electron chi connectivity index (χ0n) is 10.8. The number of rotatable bonds is 7. The summed E-state index contributed by atoms with van der Waals surface area (Å²) in [5, 5.41) is 0.695. The van der Waals surface area contributed by atoms with E-state index in [2.05, 4.69) is 22.9 Å².